The van der Waals surface area contributed by atoms with E-state index in [-0.39, 0.29) is 0 Å². The molecule has 0 aliphatic heterocycles. The van der Waals surface area contributed by atoms with Gasteiger partial charge in [0.2, 0.25) is 0 Å². The molecule has 130 valence electrons. The summed E-state index contributed by atoms with van der Waals surface area (Å²) in [7, 11) is 0. The molecule has 0 fully saturated rings. The Bertz CT molecular complexity index is 489. The fraction of sp³-hybridized carbons (Fsp3) is 0.667. The van der Waals surface area contributed by atoms with Crippen LogP contribution >= 0.6 is 0 Å². The van der Waals surface area contributed by atoms with Gasteiger partial charge < -0.3 is 5.32 Å². The molecule has 1 N–H and O–H groups in total. The number of hydrogen-bond acceptors (Lipinski definition) is 2. The third-order valence-electron chi connectivity index (χ3n) is 4.83. The van der Waals surface area contributed by atoms with E-state index >= 15 is 0 Å². The predicted molar refractivity (Wildman–Crippen MR) is 100 cm³/mol. The summed E-state index contributed by atoms with van der Waals surface area (Å²) in [4.78, 5) is 12.5. The van der Waals surface area contributed by atoms with Crippen molar-refractivity contribution in [1.29, 1.82) is 0 Å². The van der Waals surface area contributed by atoms with Crippen LogP contribution in [0.4, 0.5) is 0 Å². The third-order valence-corrected chi connectivity index (χ3v) is 4.83. The van der Waals surface area contributed by atoms with Crippen LogP contribution in [0.1, 0.15) is 87.4 Å². The second-order valence-corrected chi connectivity index (χ2v) is 6.47. The molecule has 0 unspecified atom stereocenters. The Morgan fingerprint density at radius 1 is 1.04 bits per heavy atom. The SMILES string of the molecule is CCCC(=O)c1cc(CNCC(CC)CC)cc(CC)c1CC. The summed E-state index contributed by atoms with van der Waals surface area (Å²) in [6.45, 7) is 12.8. The molecule has 1 aromatic rings. The largest absolute Gasteiger partial charge is 0.312 e. The molecule has 2 nitrogen and oxygen atoms in total. The van der Waals surface area contributed by atoms with Gasteiger partial charge in [-0.1, -0.05) is 53.5 Å². The molecule has 23 heavy (non-hydrogen) atoms. The van der Waals surface area contributed by atoms with Gasteiger partial charge in [-0.05, 0) is 54.5 Å². The van der Waals surface area contributed by atoms with Crippen molar-refractivity contribution in [3.8, 4) is 0 Å². The summed E-state index contributed by atoms with van der Waals surface area (Å²) in [5.74, 6) is 1.05. The highest BCUT2D eigenvalue weighted by atomic mass is 16.1. The first-order valence-corrected chi connectivity index (χ1v) is 9.49. The van der Waals surface area contributed by atoms with E-state index in [1.807, 2.05) is 0 Å². The van der Waals surface area contributed by atoms with Gasteiger partial charge in [-0.25, -0.2) is 0 Å². The van der Waals surface area contributed by atoms with Crippen molar-refractivity contribution in [2.24, 2.45) is 5.92 Å². The Morgan fingerprint density at radius 3 is 2.26 bits per heavy atom. The highest BCUT2D eigenvalue weighted by Gasteiger charge is 2.14. The molecule has 0 aromatic heterocycles. The van der Waals surface area contributed by atoms with Crippen molar-refractivity contribution in [2.45, 2.75) is 79.7 Å². The Kier molecular flexibility index (Phi) is 9.16. The number of carbonyl (C=O) groups is 1. The first-order chi connectivity index (χ1) is 11.1. The topological polar surface area (TPSA) is 29.1 Å². The molecular formula is C21H35NO. The highest BCUT2D eigenvalue weighted by Crippen LogP contribution is 2.22. The second-order valence-electron chi connectivity index (χ2n) is 6.47. The summed E-state index contributed by atoms with van der Waals surface area (Å²) in [6, 6.07) is 4.43. The van der Waals surface area contributed by atoms with E-state index in [4.69, 9.17) is 0 Å². The van der Waals surface area contributed by atoms with Gasteiger partial charge >= 0.3 is 0 Å². The number of aryl methyl sites for hydroxylation is 1. The Morgan fingerprint density at radius 2 is 1.74 bits per heavy atom. The van der Waals surface area contributed by atoms with Gasteiger partial charge in [0.1, 0.15) is 0 Å². The molecule has 0 aliphatic carbocycles. The lowest BCUT2D eigenvalue weighted by Crippen LogP contribution is -2.22. The number of carbonyl (C=O) groups excluding carboxylic acids is 1. The number of ketones is 1. The lowest BCUT2D eigenvalue weighted by Gasteiger charge is -2.17. The van der Waals surface area contributed by atoms with Crippen LogP contribution in [0.3, 0.4) is 0 Å². The van der Waals surface area contributed by atoms with E-state index in [2.05, 4.69) is 52.1 Å². The maximum atomic E-state index is 12.5. The van der Waals surface area contributed by atoms with Gasteiger partial charge in [0.05, 0.1) is 0 Å². The molecule has 2 heteroatoms. The number of benzene rings is 1. The number of nitrogens with one attached hydrogen (secondary N) is 1. The van der Waals surface area contributed by atoms with Gasteiger partial charge in [0, 0.05) is 18.5 Å². The van der Waals surface area contributed by atoms with E-state index in [1.54, 1.807) is 0 Å². The van der Waals surface area contributed by atoms with Gasteiger partial charge in [0.15, 0.2) is 5.78 Å². The summed E-state index contributed by atoms with van der Waals surface area (Å²) in [6.07, 6.45) is 5.95. The second kappa shape index (κ2) is 10.6. The average Bonchev–Trinajstić information content (AvgIpc) is 2.58. The minimum atomic E-state index is 0.306. The van der Waals surface area contributed by atoms with Crippen molar-refractivity contribution >= 4 is 5.78 Å². The standard InChI is InChI=1S/C21H35NO/c1-6-11-21(23)20-13-17(12-18(9-4)19(20)10-5)15-22-14-16(7-2)8-3/h12-13,16,22H,6-11,14-15H2,1-5H3. The molecule has 0 saturated carbocycles. The van der Waals surface area contributed by atoms with Crippen molar-refractivity contribution in [2.75, 3.05) is 6.54 Å². The van der Waals surface area contributed by atoms with Crippen molar-refractivity contribution in [1.82, 2.24) is 5.32 Å². The van der Waals surface area contributed by atoms with Gasteiger partial charge in [0.25, 0.3) is 0 Å². The van der Waals surface area contributed by atoms with Crippen LogP contribution in [0.5, 0.6) is 0 Å². The number of hydrogen-bond donors (Lipinski definition) is 1. The van der Waals surface area contributed by atoms with Crippen LogP contribution in [-0.4, -0.2) is 12.3 Å². The molecule has 1 aromatic carbocycles. The molecule has 1 rings (SSSR count). The zero-order chi connectivity index (χ0) is 17.2. The maximum absolute atomic E-state index is 12.5. The molecule has 0 amide bonds. The molecular weight excluding hydrogens is 282 g/mol. The first kappa shape index (κ1) is 19.9. The lowest BCUT2D eigenvalue weighted by atomic mass is 9.91. The molecule has 0 aliphatic rings. The first-order valence-electron chi connectivity index (χ1n) is 9.49. The minimum absolute atomic E-state index is 0.306. The molecule has 0 saturated heterocycles. The van der Waals surface area contributed by atoms with E-state index in [1.165, 1.54) is 29.5 Å². The predicted octanol–water partition coefficient (Wildman–Crippen LogP) is 5.32. The molecule has 0 atom stereocenters. The fourth-order valence-corrected chi connectivity index (χ4v) is 3.24. The van der Waals surface area contributed by atoms with E-state index in [9.17, 15) is 4.79 Å². The van der Waals surface area contributed by atoms with E-state index in [0.717, 1.165) is 43.8 Å². The Labute approximate surface area is 143 Å². The van der Waals surface area contributed by atoms with Gasteiger partial charge in [-0.15, -0.1) is 0 Å². The van der Waals surface area contributed by atoms with Crippen LogP contribution in [0.15, 0.2) is 12.1 Å². The Hall–Kier alpha value is -1.15. The summed E-state index contributed by atoms with van der Waals surface area (Å²) >= 11 is 0. The normalized spacial score (nSPS) is 11.2. The van der Waals surface area contributed by atoms with Gasteiger partial charge in [-0.3, -0.25) is 4.79 Å². The van der Waals surface area contributed by atoms with Crippen molar-refractivity contribution in [3.63, 3.8) is 0 Å². The van der Waals surface area contributed by atoms with Gasteiger partial charge in [-0.2, -0.15) is 0 Å². The quantitative estimate of drug-likeness (QED) is 0.560. The average molecular weight is 318 g/mol. The highest BCUT2D eigenvalue weighted by molar-refractivity contribution is 5.98. The van der Waals surface area contributed by atoms with Crippen molar-refractivity contribution < 1.29 is 4.79 Å². The molecule has 0 heterocycles. The molecule has 0 spiro atoms. The molecule has 0 radical (unpaired) electrons. The smallest absolute Gasteiger partial charge is 0.163 e. The van der Waals surface area contributed by atoms with Crippen molar-refractivity contribution in [3.05, 3.63) is 34.4 Å². The third kappa shape index (κ3) is 5.76. The zero-order valence-electron chi connectivity index (χ0n) is 15.8. The summed E-state index contributed by atoms with van der Waals surface area (Å²) in [5.41, 5.74) is 4.82. The Balaban J connectivity index is 2.95. The fourth-order valence-electron chi connectivity index (χ4n) is 3.24. The van der Waals surface area contributed by atoms with Crippen LogP contribution in [0.25, 0.3) is 0 Å². The van der Waals surface area contributed by atoms with Crippen LogP contribution in [0.2, 0.25) is 0 Å². The monoisotopic (exact) mass is 317 g/mol. The summed E-state index contributed by atoms with van der Waals surface area (Å²) in [5, 5.41) is 3.58. The lowest BCUT2D eigenvalue weighted by molar-refractivity contribution is 0.0980. The zero-order valence-corrected chi connectivity index (χ0v) is 15.8. The van der Waals surface area contributed by atoms with E-state index in [0.29, 0.717) is 12.2 Å². The number of rotatable bonds is 11. The van der Waals surface area contributed by atoms with Crippen LogP contribution in [0, 0.1) is 5.92 Å². The van der Waals surface area contributed by atoms with E-state index < -0.39 is 0 Å². The minimum Gasteiger partial charge on any atom is -0.312 e. The maximum Gasteiger partial charge on any atom is 0.163 e. The summed E-state index contributed by atoms with van der Waals surface area (Å²) < 4.78 is 0. The van der Waals surface area contributed by atoms with Crippen LogP contribution in [-0.2, 0) is 19.4 Å². The van der Waals surface area contributed by atoms with Crippen LogP contribution < -0.4 is 5.32 Å². The molecule has 0 bridgehead atoms. The number of Topliss-reactive ketones (excluding diaryl/α,β-unsaturated/α-hetero) is 1.